The van der Waals surface area contributed by atoms with Crippen LogP contribution in [0.4, 0.5) is 0 Å². The number of amides is 1. The smallest absolute Gasteiger partial charge is 0.259 e. The minimum absolute atomic E-state index is 0.0572. The van der Waals surface area contributed by atoms with Gasteiger partial charge in [-0.3, -0.25) is 4.79 Å². The molecule has 0 unspecified atom stereocenters. The summed E-state index contributed by atoms with van der Waals surface area (Å²) in [7, 11) is 0. The van der Waals surface area contributed by atoms with Gasteiger partial charge in [0.2, 0.25) is 0 Å². The lowest BCUT2D eigenvalue weighted by molar-refractivity contribution is 0.0304. The van der Waals surface area contributed by atoms with E-state index in [2.05, 4.69) is 10.1 Å². The van der Waals surface area contributed by atoms with Gasteiger partial charge in [0.15, 0.2) is 0 Å². The monoisotopic (exact) mass is 385 g/mol. The van der Waals surface area contributed by atoms with Crippen LogP contribution in [0.2, 0.25) is 0 Å². The lowest BCUT2D eigenvalue weighted by Gasteiger charge is -2.27. The summed E-state index contributed by atoms with van der Waals surface area (Å²) >= 11 is 0. The van der Waals surface area contributed by atoms with Crippen molar-refractivity contribution in [3.8, 4) is 22.5 Å². The predicted octanol–water partition coefficient (Wildman–Crippen LogP) is 4.03. The van der Waals surface area contributed by atoms with Gasteiger partial charge in [0, 0.05) is 24.2 Å². The van der Waals surface area contributed by atoms with Crippen molar-refractivity contribution in [2.24, 2.45) is 0 Å². The molecule has 1 aliphatic rings. The molecular formula is C23H19N3O3. The summed E-state index contributed by atoms with van der Waals surface area (Å²) in [5, 5.41) is 4.90. The van der Waals surface area contributed by atoms with Crippen molar-refractivity contribution < 1.29 is 14.1 Å². The van der Waals surface area contributed by atoms with E-state index in [-0.39, 0.29) is 5.91 Å². The van der Waals surface area contributed by atoms with Crippen molar-refractivity contribution in [1.29, 1.82) is 0 Å². The predicted molar refractivity (Wildman–Crippen MR) is 109 cm³/mol. The third-order valence-corrected chi connectivity index (χ3v) is 5.09. The number of ether oxygens (including phenoxy) is 1. The molecule has 0 saturated carbocycles. The number of carbonyl (C=O) groups excluding carboxylic acids is 1. The molecule has 2 aromatic heterocycles. The van der Waals surface area contributed by atoms with Gasteiger partial charge >= 0.3 is 0 Å². The average molecular weight is 385 g/mol. The molecule has 29 heavy (non-hydrogen) atoms. The number of pyridine rings is 1. The van der Waals surface area contributed by atoms with Crippen LogP contribution in [0.1, 0.15) is 10.4 Å². The Labute approximate surface area is 167 Å². The lowest BCUT2D eigenvalue weighted by atomic mass is 10.0. The first-order valence-electron chi connectivity index (χ1n) is 9.59. The van der Waals surface area contributed by atoms with Crippen molar-refractivity contribution in [3.63, 3.8) is 0 Å². The maximum Gasteiger partial charge on any atom is 0.259 e. The van der Waals surface area contributed by atoms with E-state index >= 15 is 0 Å². The van der Waals surface area contributed by atoms with Crippen LogP contribution in [-0.4, -0.2) is 47.3 Å². The van der Waals surface area contributed by atoms with Gasteiger partial charge in [0.1, 0.15) is 5.69 Å². The summed E-state index contributed by atoms with van der Waals surface area (Å²) in [6.07, 6.45) is 0. The number of carbonyl (C=O) groups is 1. The van der Waals surface area contributed by atoms with E-state index in [9.17, 15) is 4.79 Å². The molecule has 2 aromatic carbocycles. The van der Waals surface area contributed by atoms with E-state index < -0.39 is 0 Å². The molecule has 0 bridgehead atoms. The van der Waals surface area contributed by atoms with Gasteiger partial charge in [-0.15, -0.1) is 0 Å². The molecule has 6 heteroatoms. The zero-order valence-electron chi connectivity index (χ0n) is 15.7. The molecule has 0 aliphatic carbocycles. The van der Waals surface area contributed by atoms with Crippen LogP contribution in [0.3, 0.4) is 0 Å². The highest BCUT2D eigenvalue weighted by molar-refractivity contribution is 6.10. The molecule has 0 atom stereocenters. The molecular weight excluding hydrogens is 366 g/mol. The van der Waals surface area contributed by atoms with E-state index in [4.69, 9.17) is 9.26 Å². The van der Waals surface area contributed by atoms with Crippen LogP contribution in [-0.2, 0) is 4.74 Å². The molecule has 1 aliphatic heterocycles. The van der Waals surface area contributed by atoms with Gasteiger partial charge in [-0.1, -0.05) is 65.8 Å². The second-order valence-electron chi connectivity index (χ2n) is 6.90. The topological polar surface area (TPSA) is 68.5 Å². The number of aromatic nitrogens is 2. The SMILES string of the molecule is O=C(c1cc(-c2ccccc2)nc2onc(-c3ccccc3)c12)N1CCOCC1. The number of hydrogen-bond acceptors (Lipinski definition) is 5. The lowest BCUT2D eigenvalue weighted by Crippen LogP contribution is -2.40. The van der Waals surface area contributed by atoms with Crippen molar-refractivity contribution >= 4 is 17.0 Å². The van der Waals surface area contributed by atoms with Gasteiger partial charge in [-0.25, -0.2) is 4.98 Å². The Morgan fingerprint density at radius 3 is 2.24 bits per heavy atom. The van der Waals surface area contributed by atoms with Gasteiger partial charge in [0.05, 0.1) is 29.9 Å². The Morgan fingerprint density at radius 2 is 1.55 bits per heavy atom. The maximum atomic E-state index is 13.5. The number of rotatable bonds is 3. The molecule has 0 spiro atoms. The molecule has 1 saturated heterocycles. The third kappa shape index (κ3) is 3.28. The highest BCUT2D eigenvalue weighted by Gasteiger charge is 2.26. The molecule has 1 fully saturated rings. The first-order valence-corrected chi connectivity index (χ1v) is 9.59. The molecule has 144 valence electrons. The van der Waals surface area contributed by atoms with Gasteiger partial charge in [0.25, 0.3) is 11.6 Å². The molecule has 1 amide bonds. The molecule has 3 heterocycles. The van der Waals surface area contributed by atoms with Crippen LogP contribution < -0.4 is 0 Å². The fourth-order valence-electron chi connectivity index (χ4n) is 3.61. The Kier molecular flexibility index (Phi) is 4.54. The summed E-state index contributed by atoms with van der Waals surface area (Å²) in [4.78, 5) is 19.9. The standard InChI is InChI=1S/C23H19N3O3/c27-23(26-11-13-28-14-12-26)18-15-19(16-7-3-1-4-8-16)24-22-20(18)21(25-29-22)17-9-5-2-6-10-17/h1-10,15H,11-14H2. The largest absolute Gasteiger partial charge is 0.378 e. The summed E-state index contributed by atoms with van der Waals surface area (Å²) in [6, 6.07) is 21.3. The second-order valence-corrected chi connectivity index (χ2v) is 6.90. The van der Waals surface area contributed by atoms with Crippen molar-refractivity contribution in [2.45, 2.75) is 0 Å². The molecule has 6 nitrogen and oxygen atoms in total. The quantitative estimate of drug-likeness (QED) is 0.533. The summed E-state index contributed by atoms with van der Waals surface area (Å²) in [5.74, 6) is -0.0572. The summed E-state index contributed by atoms with van der Waals surface area (Å²) in [6.45, 7) is 2.21. The van der Waals surface area contributed by atoms with Crippen molar-refractivity contribution in [1.82, 2.24) is 15.0 Å². The Morgan fingerprint density at radius 1 is 0.897 bits per heavy atom. The first kappa shape index (κ1) is 17.6. The molecule has 4 aromatic rings. The van der Waals surface area contributed by atoms with Gasteiger partial charge in [-0.2, -0.15) is 0 Å². The fourth-order valence-corrected chi connectivity index (χ4v) is 3.61. The Hall–Kier alpha value is -3.51. The van der Waals surface area contributed by atoms with E-state index in [0.717, 1.165) is 11.1 Å². The van der Waals surface area contributed by atoms with E-state index in [1.54, 1.807) is 0 Å². The third-order valence-electron chi connectivity index (χ3n) is 5.09. The fraction of sp³-hybridized carbons (Fsp3) is 0.174. The summed E-state index contributed by atoms with van der Waals surface area (Å²) in [5.41, 5.74) is 4.03. The number of nitrogens with zero attached hydrogens (tertiary/aromatic N) is 3. The minimum atomic E-state index is -0.0572. The highest BCUT2D eigenvalue weighted by atomic mass is 16.5. The number of morpholine rings is 1. The molecule has 0 N–H and O–H groups in total. The van der Waals surface area contributed by atoms with E-state index in [1.807, 2.05) is 71.6 Å². The normalized spacial score (nSPS) is 14.3. The van der Waals surface area contributed by atoms with Crippen molar-refractivity contribution in [2.75, 3.05) is 26.3 Å². The zero-order valence-corrected chi connectivity index (χ0v) is 15.7. The van der Waals surface area contributed by atoms with Crippen LogP contribution in [0.25, 0.3) is 33.6 Å². The number of fused-ring (bicyclic) bond motifs is 1. The summed E-state index contributed by atoms with van der Waals surface area (Å²) < 4.78 is 11.0. The molecule has 5 rings (SSSR count). The first-order chi connectivity index (χ1) is 14.3. The Bertz CT molecular complexity index is 1150. The molecule has 0 radical (unpaired) electrons. The average Bonchev–Trinajstić information content (AvgIpc) is 3.24. The Balaban J connectivity index is 1.71. The van der Waals surface area contributed by atoms with Crippen LogP contribution in [0.15, 0.2) is 71.3 Å². The minimum Gasteiger partial charge on any atom is -0.378 e. The van der Waals surface area contributed by atoms with Crippen LogP contribution in [0.5, 0.6) is 0 Å². The maximum absolute atomic E-state index is 13.5. The number of benzene rings is 2. The number of hydrogen-bond donors (Lipinski definition) is 0. The zero-order chi connectivity index (χ0) is 19.6. The van der Waals surface area contributed by atoms with Gasteiger partial charge in [-0.05, 0) is 6.07 Å². The van der Waals surface area contributed by atoms with E-state index in [0.29, 0.717) is 54.4 Å². The highest BCUT2D eigenvalue weighted by Crippen LogP contribution is 2.33. The van der Waals surface area contributed by atoms with Crippen molar-refractivity contribution in [3.05, 3.63) is 72.3 Å². The van der Waals surface area contributed by atoms with E-state index in [1.165, 1.54) is 0 Å². The van der Waals surface area contributed by atoms with Crippen LogP contribution >= 0.6 is 0 Å². The second kappa shape index (κ2) is 7.48. The van der Waals surface area contributed by atoms with Crippen LogP contribution in [0, 0.1) is 0 Å². The van der Waals surface area contributed by atoms with Gasteiger partial charge < -0.3 is 14.2 Å².